The van der Waals surface area contributed by atoms with Gasteiger partial charge in [0.25, 0.3) is 0 Å². The second-order valence-corrected chi connectivity index (χ2v) is 6.55. The highest BCUT2D eigenvalue weighted by Crippen LogP contribution is 2.38. The van der Waals surface area contributed by atoms with Gasteiger partial charge in [-0.2, -0.15) is 0 Å². The molecule has 0 radical (unpaired) electrons. The quantitative estimate of drug-likeness (QED) is 0.730. The highest BCUT2D eigenvalue weighted by atomic mass is 15.1. The molecule has 18 heavy (non-hydrogen) atoms. The van der Waals surface area contributed by atoms with E-state index in [-0.39, 0.29) is 0 Å². The molecule has 3 unspecified atom stereocenters. The molecule has 2 aliphatic carbocycles. The van der Waals surface area contributed by atoms with Crippen molar-refractivity contribution in [2.75, 3.05) is 0 Å². The Morgan fingerprint density at radius 1 is 1.06 bits per heavy atom. The number of hydrogen-bond donors (Lipinski definition) is 0. The van der Waals surface area contributed by atoms with Gasteiger partial charge in [0.1, 0.15) is 5.82 Å². The summed E-state index contributed by atoms with van der Waals surface area (Å²) in [5.74, 6) is 3.04. The third-order valence-electron chi connectivity index (χ3n) is 5.28. The van der Waals surface area contributed by atoms with Crippen LogP contribution in [0.5, 0.6) is 0 Å². The molecule has 0 spiro atoms. The summed E-state index contributed by atoms with van der Waals surface area (Å²) in [5, 5.41) is 0. The molecule has 2 aliphatic rings. The molecule has 2 nitrogen and oxygen atoms in total. The van der Waals surface area contributed by atoms with Crippen molar-refractivity contribution in [2.24, 2.45) is 11.8 Å². The maximum absolute atomic E-state index is 4.83. The molecular weight excluding hydrogens is 220 g/mol. The minimum atomic E-state index is 0.727. The monoisotopic (exact) mass is 246 g/mol. The molecular formula is C16H26N2. The molecule has 1 aromatic rings. The molecule has 0 aromatic carbocycles. The van der Waals surface area contributed by atoms with Crippen LogP contribution in [0.3, 0.4) is 0 Å². The Balaban J connectivity index is 1.90. The molecule has 3 atom stereocenters. The molecule has 1 saturated carbocycles. The van der Waals surface area contributed by atoms with Gasteiger partial charge in [0.05, 0.1) is 5.69 Å². The van der Waals surface area contributed by atoms with Gasteiger partial charge in [0.2, 0.25) is 0 Å². The summed E-state index contributed by atoms with van der Waals surface area (Å²) in [4.78, 5) is 4.83. The van der Waals surface area contributed by atoms with Crippen LogP contribution in [0.2, 0.25) is 0 Å². The van der Waals surface area contributed by atoms with Gasteiger partial charge in [-0.15, -0.1) is 0 Å². The van der Waals surface area contributed by atoms with E-state index in [9.17, 15) is 0 Å². The lowest BCUT2D eigenvalue weighted by Gasteiger charge is -2.34. The normalized spacial score (nSPS) is 32.3. The van der Waals surface area contributed by atoms with Gasteiger partial charge in [-0.05, 0) is 63.7 Å². The van der Waals surface area contributed by atoms with Crippen LogP contribution in [-0.4, -0.2) is 9.55 Å². The highest BCUT2D eigenvalue weighted by Gasteiger charge is 2.29. The van der Waals surface area contributed by atoms with E-state index in [1.807, 2.05) is 0 Å². The first-order valence-electron chi connectivity index (χ1n) is 7.73. The second kappa shape index (κ2) is 4.71. The number of nitrogens with zero attached hydrogens (tertiary/aromatic N) is 2. The molecule has 1 heterocycles. The fraction of sp³-hybridized carbons (Fsp3) is 0.812. The summed E-state index contributed by atoms with van der Waals surface area (Å²) in [7, 11) is 0. The average Bonchev–Trinajstić information content (AvgIpc) is 2.69. The summed E-state index contributed by atoms with van der Waals surface area (Å²) in [6.45, 7) is 7.05. The third-order valence-corrected chi connectivity index (χ3v) is 5.28. The summed E-state index contributed by atoms with van der Waals surface area (Å²) < 4.78 is 2.61. The largest absolute Gasteiger partial charge is 0.329 e. The third kappa shape index (κ3) is 2.00. The van der Waals surface area contributed by atoms with Gasteiger partial charge < -0.3 is 4.57 Å². The van der Waals surface area contributed by atoms with E-state index in [2.05, 4.69) is 25.3 Å². The Morgan fingerprint density at radius 2 is 1.83 bits per heavy atom. The smallest absolute Gasteiger partial charge is 0.106 e. The maximum Gasteiger partial charge on any atom is 0.106 e. The number of aryl methyl sites for hydroxylation is 2. The number of fused-ring (bicyclic) bond motifs is 1. The van der Waals surface area contributed by atoms with Crippen LogP contribution >= 0.6 is 0 Å². The fourth-order valence-electron chi connectivity index (χ4n) is 3.94. The fourth-order valence-corrected chi connectivity index (χ4v) is 3.94. The first kappa shape index (κ1) is 12.3. The molecule has 3 rings (SSSR count). The maximum atomic E-state index is 4.83. The zero-order valence-electron chi connectivity index (χ0n) is 12.1. The molecule has 1 fully saturated rings. The van der Waals surface area contributed by atoms with Crippen molar-refractivity contribution in [3.05, 3.63) is 17.2 Å². The molecule has 0 saturated heterocycles. The Kier molecular flexibility index (Phi) is 3.21. The molecule has 0 N–H and O–H groups in total. The lowest BCUT2D eigenvalue weighted by atomic mass is 9.79. The van der Waals surface area contributed by atoms with Crippen LogP contribution in [0.4, 0.5) is 0 Å². The van der Waals surface area contributed by atoms with E-state index in [0.29, 0.717) is 0 Å². The lowest BCUT2D eigenvalue weighted by Crippen LogP contribution is -2.25. The number of imidazole rings is 1. The van der Waals surface area contributed by atoms with Gasteiger partial charge in [-0.3, -0.25) is 0 Å². The SMILES string of the molecule is Cc1nc2c(n1C1CCC(C)C(C)C1)CCCC2. The molecule has 0 amide bonds. The minimum absolute atomic E-state index is 0.727. The van der Waals surface area contributed by atoms with E-state index in [1.165, 1.54) is 56.5 Å². The van der Waals surface area contributed by atoms with E-state index < -0.39 is 0 Å². The Morgan fingerprint density at radius 3 is 2.61 bits per heavy atom. The lowest BCUT2D eigenvalue weighted by molar-refractivity contribution is 0.206. The van der Waals surface area contributed by atoms with Crippen molar-refractivity contribution in [2.45, 2.75) is 71.8 Å². The summed E-state index contributed by atoms with van der Waals surface area (Å²) in [6.07, 6.45) is 9.26. The predicted octanol–water partition coefficient (Wildman–Crippen LogP) is 4.07. The van der Waals surface area contributed by atoms with Gasteiger partial charge in [0.15, 0.2) is 0 Å². The molecule has 2 heteroatoms. The highest BCUT2D eigenvalue weighted by molar-refractivity contribution is 5.21. The van der Waals surface area contributed by atoms with Crippen molar-refractivity contribution in [3.8, 4) is 0 Å². The van der Waals surface area contributed by atoms with Crippen molar-refractivity contribution in [1.82, 2.24) is 9.55 Å². The molecule has 100 valence electrons. The van der Waals surface area contributed by atoms with Crippen molar-refractivity contribution < 1.29 is 0 Å². The van der Waals surface area contributed by atoms with Crippen LogP contribution in [0.1, 0.15) is 69.2 Å². The first-order valence-corrected chi connectivity index (χ1v) is 7.73. The average molecular weight is 246 g/mol. The van der Waals surface area contributed by atoms with Crippen LogP contribution < -0.4 is 0 Å². The van der Waals surface area contributed by atoms with Crippen molar-refractivity contribution in [1.29, 1.82) is 0 Å². The zero-order chi connectivity index (χ0) is 12.7. The summed E-state index contributed by atoms with van der Waals surface area (Å²) in [6, 6.07) is 0.727. The van der Waals surface area contributed by atoms with Crippen molar-refractivity contribution in [3.63, 3.8) is 0 Å². The van der Waals surface area contributed by atoms with Crippen LogP contribution in [-0.2, 0) is 12.8 Å². The molecule has 0 aliphatic heterocycles. The number of aromatic nitrogens is 2. The van der Waals surface area contributed by atoms with Crippen LogP contribution in [0.25, 0.3) is 0 Å². The summed E-state index contributed by atoms with van der Waals surface area (Å²) >= 11 is 0. The molecule has 0 bridgehead atoms. The van der Waals surface area contributed by atoms with Crippen molar-refractivity contribution >= 4 is 0 Å². The number of rotatable bonds is 1. The standard InChI is InChI=1S/C16H26N2/c1-11-8-9-14(10-12(11)2)18-13(3)17-15-6-4-5-7-16(15)18/h11-12,14H,4-10H2,1-3H3. The van der Waals surface area contributed by atoms with E-state index in [1.54, 1.807) is 5.69 Å². The van der Waals surface area contributed by atoms with Gasteiger partial charge >= 0.3 is 0 Å². The predicted molar refractivity (Wildman–Crippen MR) is 74.8 cm³/mol. The summed E-state index contributed by atoms with van der Waals surface area (Å²) in [5.41, 5.74) is 2.98. The minimum Gasteiger partial charge on any atom is -0.329 e. The topological polar surface area (TPSA) is 17.8 Å². The van der Waals surface area contributed by atoms with Gasteiger partial charge in [-0.1, -0.05) is 13.8 Å². The number of hydrogen-bond acceptors (Lipinski definition) is 1. The first-order chi connectivity index (χ1) is 8.66. The zero-order valence-corrected chi connectivity index (χ0v) is 12.1. The van der Waals surface area contributed by atoms with Crippen LogP contribution in [0, 0.1) is 18.8 Å². The van der Waals surface area contributed by atoms with Crippen LogP contribution in [0.15, 0.2) is 0 Å². The van der Waals surface area contributed by atoms with E-state index >= 15 is 0 Å². The second-order valence-electron chi connectivity index (χ2n) is 6.55. The van der Waals surface area contributed by atoms with E-state index in [0.717, 1.165) is 17.9 Å². The molecule has 1 aromatic heterocycles. The Bertz CT molecular complexity index is 433. The Hall–Kier alpha value is -0.790. The van der Waals surface area contributed by atoms with Gasteiger partial charge in [-0.25, -0.2) is 4.98 Å². The Labute approximate surface area is 111 Å². The van der Waals surface area contributed by atoms with E-state index in [4.69, 9.17) is 4.98 Å². The van der Waals surface area contributed by atoms with Gasteiger partial charge in [0, 0.05) is 11.7 Å².